The smallest absolute Gasteiger partial charge is 0.337 e. The van der Waals surface area contributed by atoms with E-state index >= 15 is 0 Å². The summed E-state index contributed by atoms with van der Waals surface area (Å²) in [6.45, 7) is 6.75. The predicted molar refractivity (Wildman–Crippen MR) is 113 cm³/mol. The highest BCUT2D eigenvalue weighted by Gasteiger charge is 2.26. The van der Waals surface area contributed by atoms with Gasteiger partial charge in [0.25, 0.3) is 0 Å². The SMILES string of the molecule is CC(C)OC(=O)[C@@H](O)[C@H](O)CCCCCCCCCC[C@@H](O)[C@H](O)C(=O)OC(C)C. The predicted octanol–water partition coefficient (Wildman–Crippen LogP) is 2.23. The summed E-state index contributed by atoms with van der Waals surface area (Å²) >= 11 is 0. The topological polar surface area (TPSA) is 134 Å². The van der Waals surface area contributed by atoms with Crippen LogP contribution in [0, 0.1) is 0 Å². The molecule has 0 aromatic carbocycles. The van der Waals surface area contributed by atoms with E-state index in [4.69, 9.17) is 9.47 Å². The standard InChI is InChI=1S/C22H42O8/c1-15(2)29-21(27)19(25)17(23)13-11-9-7-5-6-8-10-12-14-18(24)20(26)22(28)30-16(3)4/h15-20,23-26H,5-14H2,1-4H3/t17-,18-,19+,20+/m1/s1. The Bertz CT molecular complexity index is 424. The highest BCUT2D eigenvalue weighted by Crippen LogP contribution is 2.14. The number of unbranched alkanes of at least 4 members (excludes halogenated alkanes) is 7. The second-order valence-electron chi connectivity index (χ2n) is 8.40. The Morgan fingerprint density at radius 2 is 0.833 bits per heavy atom. The van der Waals surface area contributed by atoms with Crippen LogP contribution in [0.1, 0.15) is 91.9 Å². The van der Waals surface area contributed by atoms with Crippen LogP contribution >= 0.6 is 0 Å². The Morgan fingerprint density at radius 1 is 0.567 bits per heavy atom. The molecule has 30 heavy (non-hydrogen) atoms. The van der Waals surface area contributed by atoms with Crippen LogP contribution in [0.2, 0.25) is 0 Å². The molecule has 0 aliphatic rings. The van der Waals surface area contributed by atoms with E-state index in [1.54, 1.807) is 27.7 Å². The van der Waals surface area contributed by atoms with E-state index in [9.17, 15) is 30.0 Å². The average molecular weight is 435 g/mol. The zero-order valence-corrected chi connectivity index (χ0v) is 19.0. The summed E-state index contributed by atoms with van der Waals surface area (Å²) in [7, 11) is 0. The Hall–Kier alpha value is -1.22. The maximum atomic E-state index is 11.5. The summed E-state index contributed by atoms with van der Waals surface area (Å²) in [6, 6.07) is 0. The lowest BCUT2D eigenvalue weighted by Crippen LogP contribution is -2.36. The molecular weight excluding hydrogens is 392 g/mol. The fourth-order valence-electron chi connectivity index (χ4n) is 3.00. The zero-order chi connectivity index (χ0) is 23.1. The molecule has 178 valence electrons. The summed E-state index contributed by atoms with van der Waals surface area (Å²) in [4.78, 5) is 23.1. The van der Waals surface area contributed by atoms with Crippen molar-refractivity contribution in [2.75, 3.05) is 0 Å². The molecule has 0 unspecified atom stereocenters. The molecule has 8 nitrogen and oxygen atoms in total. The van der Waals surface area contributed by atoms with Crippen LogP contribution in [0.25, 0.3) is 0 Å². The monoisotopic (exact) mass is 434 g/mol. The number of carbonyl (C=O) groups is 2. The van der Waals surface area contributed by atoms with E-state index in [2.05, 4.69) is 0 Å². The van der Waals surface area contributed by atoms with E-state index in [-0.39, 0.29) is 12.2 Å². The van der Waals surface area contributed by atoms with Crippen molar-refractivity contribution in [2.45, 2.75) is 129 Å². The largest absolute Gasteiger partial charge is 0.461 e. The lowest BCUT2D eigenvalue weighted by atomic mass is 10.0. The van der Waals surface area contributed by atoms with Gasteiger partial charge in [-0.1, -0.05) is 51.4 Å². The number of aliphatic hydroxyl groups is 4. The van der Waals surface area contributed by atoms with Crippen LogP contribution in [0.3, 0.4) is 0 Å². The molecule has 4 N–H and O–H groups in total. The maximum absolute atomic E-state index is 11.5. The van der Waals surface area contributed by atoms with Crippen molar-refractivity contribution in [3.05, 3.63) is 0 Å². The van der Waals surface area contributed by atoms with Crippen LogP contribution in [0.5, 0.6) is 0 Å². The van der Waals surface area contributed by atoms with Gasteiger partial charge in [-0.3, -0.25) is 0 Å². The average Bonchev–Trinajstić information content (AvgIpc) is 2.66. The first-order valence-corrected chi connectivity index (χ1v) is 11.2. The van der Waals surface area contributed by atoms with Crippen molar-refractivity contribution >= 4 is 11.9 Å². The van der Waals surface area contributed by atoms with Gasteiger partial charge in [0.1, 0.15) is 0 Å². The van der Waals surface area contributed by atoms with Gasteiger partial charge in [-0.25, -0.2) is 9.59 Å². The first kappa shape index (κ1) is 28.8. The zero-order valence-electron chi connectivity index (χ0n) is 19.0. The molecule has 0 radical (unpaired) electrons. The molecule has 0 amide bonds. The minimum Gasteiger partial charge on any atom is -0.461 e. The third-order valence-corrected chi connectivity index (χ3v) is 4.67. The third-order valence-electron chi connectivity index (χ3n) is 4.67. The van der Waals surface area contributed by atoms with Crippen molar-refractivity contribution < 1.29 is 39.5 Å². The van der Waals surface area contributed by atoms with Crippen molar-refractivity contribution in [1.29, 1.82) is 0 Å². The van der Waals surface area contributed by atoms with Gasteiger partial charge in [0.05, 0.1) is 24.4 Å². The van der Waals surface area contributed by atoms with Crippen molar-refractivity contribution in [3.63, 3.8) is 0 Å². The molecule has 8 heteroatoms. The Balaban J connectivity index is 3.66. The van der Waals surface area contributed by atoms with Gasteiger partial charge in [-0.05, 0) is 40.5 Å². The summed E-state index contributed by atoms with van der Waals surface area (Å²) in [5, 5.41) is 39.1. The van der Waals surface area contributed by atoms with Gasteiger partial charge in [-0.2, -0.15) is 0 Å². The van der Waals surface area contributed by atoms with Gasteiger partial charge in [0.15, 0.2) is 12.2 Å². The Kier molecular flexibility index (Phi) is 15.8. The summed E-state index contributed by atoms with van der Waals surface area (Å²) < 4.78 is 9.76. The minimum absolute atomic E-state index is 0.325. The van der Waals surface area contributed by atoms with E-state index < -0.39 is 36.4 Å². The fourth-order valence-corrected chi connectivity index (χ4v) is 3.00. The number of ether oxygens (including phenoxy) is 2. The highest BCUT2D eigenvalue weighted by atomic mass is 16.6. The van der Waals surface area contributed by atoms with Crippen LogP contribution < -0.4 is 0 Å². The summed E-state index contributed by atoms with van der Waals surface area (Å²) in [5.41, 5.74) is 0. The first-order valence-electron chi connectivity index (χ1n) is 11.2. The maximum Gasteiger partial charge on any atom is 0.337 e. The minimum atomic E-state index is -1.49. The van der Waals surface area contributed by atoms with Crippen molar-refractivity contribution in [3.8, 4) is 0 Å². The second kappa shape index (κ2) is 16.5. The molecule has 0 aliphatic heterocycles. The third kappa shape index (κ3) is 13.9. The molecule has 0 aromatic heterocycles. The van der Waals surface area contributed by atoms with Gasteiger partial charge in [0, 0.05) is 0 Å². The van der Waals surface area contributed by atoms with Gasteiger partial charge in [0.2, 0.25) is 0 Å². The molecular formula is C22H42O8. The van der Waals surface area contributed by atoms with Crippen molar-refractivity contribution in [1.82, 2.24) is 0 Å². The number of hydrogen-bond donors (Lipinski definition) is 4. The van der Waals surface area contributed by atoms with E-state index in [1.165, 1.54) is 0 Å². The number of rotatable bonds is 17. The molecule has 0 heterocycles. The highest BCUT2D eigenvalue weighted by molar-refractivity contribution is 5.75. The molecule has 0 spiro atoms. The Morgan fingerprint density at radius 3 is 1.10 bits per heavy atom. The molecule has 4 atom stereocenters. The van der Waals surface area contributed by atoms with Crippen LogP contribution in [-0.2, 0) is 19.1 Å². The quantitative estimate of drug-likeness (QED) is 0.202. The number of hydrogen-bond acceptors (Lipinski definition) is 8. The molecule has 0 aliphatic carbocycles. The second-order valence-corrected chi connectivity index (χ2v) is 8.40. The normalized spacial score (nSPS) is 15.7. The van der Waals surface area contributed by atoms with E-state index in [0.717, 1.165) is 51.4 Å². The number of aliphatic hydroxyl groups excluding tert-OH is 4. The first-order chi connectivity index (χ1) is 14.1. The van der Waals surface area contributed by atoms with E-state index in [1.807, 2.05) is 0 Å². The van der Waals surface area contributed by atoms with Gasteiger partial charge < -0.3 is 29.9 Å². The molecule has 0 fully saturated rings. The van der Waals surface area contributed by atoms with Crippen LogP contribution in [-0.4, -0.2) is 69.0 Å². The lowest BCUT2D eigenvalue weighted by Gasteiger charge is -2.18. The Labute approximate surface area is 180 Å². The fraction of sp³-hybridized carbons (Fsp3) is 0.909. The number of carbonyl (C=O) groups excluding carboxylic acids is 2. The summed E-state index contributed by atoms with van der Waals surface area (Å²) in [6.07, 6.45) is 2.23. The molecule has 0 saturated carbocycles. The molecule has 0 rings (SSSR count). The van der Waals surface area contributed by atoms with Crippen LogP contribution in [0.4, 0.5) is 0 Å². The lowest BCUT2D eigenvalue weighted by molar-refractivity contribution is -0.164. The van der Waals surface area contributed by atoms with Gasteiger partial charge in [-0.15, -0.1) is 0 Å². The number of esters is 2. The summed E-state index contributed by atoms with van der Waals surface area (Å²) in [5.74, 6) is -1.57. The molecule has 0 aromatic rings. The van der Waals surface area contributed by atoms with Gasteiger partial charge >= 0.3 is 11.9 Å². The van der Waals surface area contributed by atoms with E-state index in [0.29, 0.717) is 12.8 Å². The molecule has 0 saturated heterocycles. The van der Waals surface area contributed by atoms with Crippen LogP contribution in [0.15, 0.2) is 0 Å². The molecule has 0 bridgehead atoms. The van der Waals surface area contributed by atoms with Crippen molar-refractivity contribution in [2.24, 2.45) is 0 Å².